The van der Waals surface area contributed by atoms with Gasteiger partial charge in [0, 0.05) is 12.2 Å². The molecule has 1 heterocycles. The van der Waals surface area contributed by atoms with Gasteiger partial charge in [-0.2, -0.15) is 0 Å². The number of hydrogen-bond donors (Lipinski definition) is 1. The van der Waals surface area contributed by atoms with Crippen LogP contribution in [-0.4, -0.2) is 26.4 Å². The van der Waals surface area contributed by atoms with Crippen molar-refractivity contribution in [3.05, 3.63) is 64.5 Å². The number of carbonyl (C=O) groups excluding carboxylic acids is 1. The summed E-state index contributed by atoms with van der Waals surface area (Å²) in [5, 5.41) is 12.4. The summed E-state index contributed by atoms with van der Waals surface area (Å²) in [6.07, 6.45) is 1.76. The summed E-state index contributed by atoms with van der Waals surface area (Å²) in [5.41, 5.74) is 5.59. The van der Waals surface area contributed by atoms with E-state index in [1.165, 1.54) is 11.8 Å². The summed E-state index contributed by atoms with van der Waals surface area (Å²) in [6.45, 7) is 11.4. The Morgan fingerprint density at radius 2 is 1.69 bits per heavy atom. The number of ether oxygens (including phenoxy) is 1. The molecule has 0 spiro atoms. The van der Waals surface area contributed by atoms with Crippen LogP contribution in [0.3, 0.4) is 0 Å². The van der Waals surface area contributed by atoms with Crippen LogP contribution in [0.2, 0.25) is 0 Å². The second kappa shape index (κ2) is 11.2. The molecule has 0 bridgehead atoms. The van der Waals surface area contributed by atoms with Crippen LogP contribution in [-0.2, 0) is 30.8 Å². The number of nitrogens with zero attached hydrogens (tertiary/aromatic N) is 3. The standard InChI is InChI=1S/C25H32N4O2S/c1-6-19-10-9-11-20(7-2)24(19)26-23(30)16-32-25-28-27-22(29(25)8-3)15-31-21-13-17(4)12-18(5)14-21/h9-14H,6-8,15-16H2,1-5H3,(H,26,30). The SMILES string of the molecule is CCc1cccc(CC)c1NC(=O)CSc1nnc(COc2cc(C)cc(C)c2)n1CC. The molecule has 0 radical (unpaired) electrons. The third kappa shape index (κ3) is 5.91. The van der Waals surface area contributed by atoms with Crippen LogP contribution in [0.15, 0.2) is 41.6 Å². The number of benzene rings is 2. The van der Waals surface area contributed by atoms with Crippen LogP contribution in [0.25, 0.3) is 0 Å². The van der Waals surface area contributed by atoms with Crippen molar-refractivity contribution < 1.29 is 9.53 Å². The van der Waals surface area contributed by atoms with E-state index in [-0.39, 0.29) is 11.7 Å². The van der Waals surface area contributed by atoms with Gasteiger partial charge in [0.05, 0.1) is 5.75 Å². The van der Waals surface area contributed by atoms with E-state index < -0.39 is 0 Å². The van der Waals surface area contributed by atoms with Crippen molar-refractivity contribution in [3.63, 3.8) is 0 Å². The second-order valence-electron chi connectivity index (χ2n) is 7.75. The maximum Gasteiger partial charge on any atom is 0.234 e. The number of carbonyl (C=O) groups is 1. The van der Waals surface area contributed by atoms with E-state index in [4.69, 9.17) is 4.74 Å². The van der Waals surface area contributed by atoms with E-state index in [9.17, 15) is 4.79 Å². The third-order valence-corrected chi connectivity index (χ3v) is 6.24. The fourth-order valence-electron chi connectivity index (χ4n) is 3.72. The minimum atomic E-state index is -0.0377. The van der Waals surface area contributed by atoms with Gasteiger partial charge in [-0.05, 0) is 68.0 Å². The number of anilines is 1. The van der Waals surface area contributed by atoms with Crippen LogP contribution in [0.1, 0.15) is 48.8 Å². The Hall–Kier alpha value is -2.80. The highest BCUT2D eigenvalue weighted by atomic mass is 32.2. The van der Waals surface area contributed by atoms with E-state index in [0.29, 0.717) is 13.2 Å². The van der Waals surface area contributed by atoms with Gasteiger partial charge < -0.3 is 14.6 Å². The first kappa shape index (κ1) is 23.9. The largest absolute Gasteiger partial charge is 0.486 e. The van der Waals surface area contributed by atoms with Gasteiger partial charge in [-0.25, -0.2) is 0 Å². The number of para-hydroxylation sites is 1. The lowest BCUT2D eigenvalue weighted by atomic mass is 10.0. The van der Waals surface area contributed by atoms with Gasteiger partial charge in [0.25, 0.3) is 0 Å². The van der Waals surface area contributed by atoms with E-state index in [1.54, 1.807) is 0 Å². The van der Waals surface area contributed by atoms with Crippen molar-refractivity contribution in [1.82, 2.24) is 14.8 Å². The number of rotatable bonds is 10. The molecule has 170 valence electrons. The van der Waals surface area contributed by atoms with Gasteiger partial charge in [0.2, 0.25) is 5.91 Å². The highest BCUT2D eigenvalue weighted by Crippen LogP contribution is 2.24. The van der Waals surface area contributed by atoms with Crippen LogP contribution in [0.5, 0.6) is 5.75 Å². The lowest BCUT2D eigenvalue weighted by molar-refractivity contribution is -0.113. The zero-order valence-corrected chi connectivity index (χ0v) is 20.4. The molecule has 2 aromatic carbocycles. The average Bonchev–Trinajstić information content (AvgIpc) is 3.17. The summed E-state index contributed by atoms with van der Waals surface area (Å²) in [4.78, 5) is 12.7. The Morgan fingerprint density at radius 3 is 2.28 bits per heavy atom. The number of hydrogen-bond acceptors (Lipinski definition) is 5. The van der Waals surface area contributed by atoms with Crippen LogP contribution in [0.4, 0.5) is 5.69 Å². The maximum absolute atomic E-state index is 12.7. The first-order chi connectivity index (χ1) is 15.4. The quantitative estimate of drug-likeness (QED) is 0.420. The van der Waals surface area contributed by atoms with Gasteiger partial charge in [0.1, 0.15) is 12.4 Å². The molecule has 1 aromatic heterocycles. The number of nitrogens with one attached hydrogen (secondary N) is 1. The fourth-order valence-corrected chi connectivity index (χ4v) is 4.54. The Balaban J connectivity index is 1.63. The first-order valence-corrected chi connectivity index (χ1v) is 12.1. The smallest absolute Gasteiger partial charge is 0.234 e. The maximum atomic E-state index is 12.7. The molecule has 0 aliphatic rings. The molecule has 7 heteroatoms. The summed E-state index contributed by atoms with van der Waals surface area (Å²) in [5.74, 6) is 1.81. The van der Waals surface area contributed by atoms with Gasteiger partial charge in [0.15, 0.2) is 11.0 Å². The summed E-state index contributed by atoms with van der Waals surface area (Å²) in [6, 6.07) is 12.3. The van der Waals surface area contributed by atoms with Crippen LogP contribution in [0, 0.1) is 13.8 Å². The number of amides is 1. The van der Waals surface area contributed by atoms with Gasteiger partial charge in [-0.3, -0.25) is 4.79 Å². The van der Waals surface area contributed by atoms with Crippen LogP contribution < -0.4 is 10.1 Å². The minimum Gasteiger partial charge on any atom is -0.486 e. The number of aromatic nitrogens is 3. The molecular weight excluding hydrogens is 420 g/mol. The molecule has 0 saturated carbocycles. The van der Waals surface area contributed by atoms with Crippen molar-refractivity contribution >= 4 is 23.4 Å². The molecule has 1 amide bonds. The molecule has 0 fully saturated rings. The molecule has 0 unspecified atom stereocenters. The predicted octanol–water partition coefficient (Wildman–Crippen LogP) is 5.35. The average molecular weight is 453 g/mol. The van der Waals surface area contributed by atoms with Crippen LogP contribution >= 0.6 is 11.8 Å². The summed E-state index contributed by atoms with van der Waals surface area (Å²) < 4.78 is 7.95. The Labute approximate surface area is 194 Å². The number of thioether (sulfide) groups is 1. The van der Waals surface area contributed by atoms with Crippen molar-refractivity contribution in [2.24, 2.45) is 0 Å². The van der Waals surface area contributed by atoms with Crippen molar-refractivity contribution in [3.8, 4) is 5.75 Å². The zero-order chi connectivity index (χ0) is 23.1. The zero-order valence-electron chi connectivity index (χ0n) is 19.6. The normalized spacial score (nSPS) is 10.9. The van der Waals surface area contributed by atoms with Crippen molar-refractivity contribution in [2.75, 3.05) is 11.1 Å². The molecule has 0 aliphatic carbocycles. The van der Waals surface area contributed by atoms with E-state index in [2.05, 4.69) is 61.4 Å². The molecule has 32 heavy (non-hydrogen) atoms. The first-order valence-electron chi connectivity index (χ1n) is 11.1. The lowest BCUT2D eigenvalue weighted by Gasteiger charge is -2.14. The third-order valence-electron chi connectivity index (χ3n) is 5.27. The molecule has 6 nitrogen and oxygen atoms in total. The van der Waals surface area contributed by atoms with Gasteiger partial charge >= 0.3 is 0 Å². The molecule has 0 saturated heterocycles. The Kier molecular flexibility index (Phi) is 8.33. The summed E-state index contributed by atoms with van der Waals surface area (Å²) >= 11 is 1.40. The van der Waals surface area contributed by atoms with E-state index in [1.807, 2.05) is 29.7 Å². The second-order valence-corrected chi connectivity index (χ2v) is 8.69. The molecule has 3 rings (SSSR count). The molecule has 0 atom stereocenters. The monoisotopic (exact) mass is 452 g/mol. The van der Waals surface area contributed by atoms with Crippen molar-refractivity contribution in [1.29, 1.82) is 0 Å². The van der Waals surface area contributed by atoms with Gasteiger partial charge in [-0.1, -0.05) is 49.9 Å². The molecular formula is C25H32N4O2S. The Morgan fingerprint density at radius 1 is 1.03 bits per heavy atom. The minimum absolute atomic E-state index is 0.0377. The topological polar surface area (TPSA) is 69.0 Å². The van der Waals surface area contributed by atoms with E-state index in [0.717, 1.165) is 57.5 Å². The fraction of sp³-hybridized carbons (Fsp3) is 0.400. The van der Waals surface area contributed by atoms with E-state index >= 15 is 0 Å². The Bertz CT molecular complexity index is 1040. The highest BCUT2D eigenvalue weighted by molar-refractivity contribution is 7.99. The molecule has 1 N–H and O–H groups in total. The molecule has 0 aliphatic heterocycles. The number of aryl methyl sites for hydroxylation is 4. The summed E-state index contributed by atoms with van der Waals surface area (Å²) in [7, 11) is 0. The predicted molar refractivity (Wildman–Crippen MR) is 130 cm³/mol. The highest BCUT2D eigenvalue weighted by Gasteiger charge is 2.15. The van der Waals surface area contributed by atoms with Gasteiger partial charge in [-0.15, -0.1) is 10.2 Å². The molecule has 3 aromatic rings. The lowest BCUT2D eigenvalue weighted by Crippen LogP contribution is -2.17. The van der Waals surface area contributed by atoms with Crippen molar-refractivity contribution in [2.45, 2.75) is 65.8 Å².